The fourth-order valence-corrected chi connectivity index (χ4v) is 0.821. The lowest BCUT2D eigenvalue weighted by Crippen LogP contribution is -1.97. The Morgan fingerprint density at radius 3 is 2.75 bits per heavy atom. The van der Waals surface area contributed by atoms with Gasteiger partial charge in [0.05, 0.1) is 12.8 Å². The van der Waals surface area contributed by atoms with Crippen LogP contribution < -0.4 is 0 Å². The van der Waals surface area contributed by atoms with Crippen LogP contribution in [0.3, 0.4) is 0 Å². The molecule has 0 fully saturated rings. The minimum Gasteiger partial charge on any atom is -0.466 e. The van der Waals surface area contributed by atoms with Crippen molar-refractivity contribution in [3.05, 3.63) is 11.8 Å². The van der Waals surface area contributed by atoms with Gasteiger partial charge in [-0.15, -0.1) is 0 Å². The Morgan fingerprint density at radius 1 is 1.67 bits per heavy atom. The van der Waals surface area contributed by atoms with Gasteiger partial charge in [-0.1, -0.05) is 22.9 Å². The van der Waals surface area contributed by atoms with Crippen molar-refractivity contribution in [2.24, 2.45) is 4.99 Å². The highest BCUT2D eigenvalue weighted by atomic mass is 79.9. The SMILES string of the molecule is CCC=NC(=CC(=O)OC)CBr. The van der Waals surface area contributed by atoms with E-state index >= 15 is 0 Å². The Kier molecular flexibility index (Phi) is 6.66. The summed E-state index contributed by atoms with van der Waals surface area (Å²) in [6.07, 6.45) is 3.96. The van der Waals surface area contributed by atoms with E-state index in [2.05, 4.69) is 25.7 Å². The molecule has 0 amide bonds. The highest BCUT2D eigenvalue weighted by Gasteiger charge is 1.96. The van der Waals surface area contributed by atoms with Crippen LogP contribution in [0.25, 0.3) is 0 Å². The molecule has 0 heterocycles. The molecule has 0 atom stereocenters. The van der Waals surface area contributed by atoms with Gasteiger partial charge < -0.3 is 4.74 Å². The van der Waals surface area contributed by atoms with E-state index in [1.165, 1.54) is 13.2 Å². The van der Waals surface area contributed by atoms with Crippen LogP contribution in [0.4, 0.5) is 0 Å². The van der Waals surface area contributed by atoms with Crippen LogP contribution in [0.2, 0.25) is 0 Å². The highest BCUT2D eigenvalue weighted by molar-refractivity contribution is 9.09. The maximum absolute atomic E-state index is 10.8. The molecule has 3 nitrogen and oxygen atoms in total. The van der Waals surface area contributed by atoms with E-state index < -0.39 is 0 Å². The zero-order valence-corrected chi connectivity index (χ0v) is 8.80. The number of alkyl halides is 1. The third kappa shape index (κ3) is 5.07. The van der Waals surface area contributed by atoms with E-state index in [0.29, 0.717) is 11.0 Å². The zero-order valence-electron chi connectivity index (χ0n) is 7.21. The van der Waals surface area contributed by atoms with E-state index in [9.17, 15) is 4.79 Å². The minimum atomic E-state index is -0.377. The molecule has 0 N–H and O–H groups in total. The number of halogens is 1. The molecule has 4 heteroatoms. The van der Waals surface area contributed by atoms with Crippen LogP contribution in [0.5, 0.6) is 0 Å². The van der Waals surface area contributed by atoms with Crippen LogP contribution in [0, 0.1) is 0 Å². The summed E-state index contributed by atoms with van der Waals surface area (Å²) in [5, 5.41) is 0.554. The number of ether oxygens (including phenoxy) is 1. The van der Waals surface area contributed by atoms with Crippen molar-refractivity contribution in [2.45, 2.75) is 13.3 Å². The summed E-state index contributed by atoms with van der Waals surface area (Å²) in [4.78, 5) is 14.8. The molecule has 0 saturated carbocycles. The molecule has 12 heavy (non-hydrogen) atoms. The smallest absolute Gasteiger partial charge is 0.332 e. The molecule has 0 aliphatic carbocycles. The van der Waals surface area contributed by atoms with Crippen molar-refractivity contribution >= 4 is 28.1 Å². The number of rotatable bonds is 4. The average Bonchev–Trinajstić information content (AvgIpc) is 2.11. The second-order valence-corrected chi connectivity index (χ2v) is 2.57. The number of carbonyl (C=O) groups excluding carboxylic acids is 1. The molecule has 0 rings (SSSR count). The summed E-state index contributed by atoms with van der Waals surface area (Å²) in [7, 11) is 1.34. The Labute approximate surface area is 80.6 Å². The lowest BCUT2D eigenvalue weighted by molar-refractivity contribution is -0.134. The van der Waals surface area contributed by atoms with Crippen LogP contribution >= 0.6 is 15.9 Å². The first-order valence-electron chi connectivity index (χ1n) is 3.61. The largest absolute Gasteiger partial charge is 0.466 e. The molecule has 0 saturated heterocycles. The summed E-state index contributed by atoms with van der Waals surface area (Å²) in [5.74, 6) is -0.377. The molecule has 0 unspecified atom stereocenters. The molecular formula is C8H12BrNO2. The summed E-state index contributed by atoms with van der Waals surface area (Å²) in [6, 6.07) is 0. The summed E-state index contributed by atoms with van der Waals surface area (Å²) >= 11 is 3.21. The van der Waals surface area contributed by atoms with Crippen molar-refractivity contribution in [2.75, 3.05) is 12.4 Å². The standard InChI is InChI=1S/C8H12BrNO2/c1-3-4-10-7(6-9)5-8(11)12-2/h4-5H,3,6H2,1-2H3. The van der Waals surface area contributed by atoms with E-state index in [1.54, 1.807) is 6.21 Å². The van der Waals surface area contributed by atoms with Gasteiger partial charge in [-0.25, -0.2) is 4.79 Å². The Morgan fingerprint density at radius 2 is 2.33 bits per heavy atom. The van der Waals surface area contributed by atoms with Crippen LogP contribution in [-0.4, -0.2) is 24.6 Å². The predicted molar refractivity (Wildman–Crippen MR) is 52.7 cm³/mol. The van der Waals surface area contributed by atoms with Gasteiger partial charge in [0.2, 0.25) is 0 Å². The monoisotopic (exact) mass is 233 g/mol. The quantitative estimate of drug-likeness (QED) is 0.322. The number of esters is 1. The van der Waals surface area contributed by atoms with Crippen LogP contribution in [0.15, 0.2) is 16.8 Å². The number of hydrogen-bond acceptors (Lipinski definition) is 3. The van der Waals surface area contributed by atoms with Crippen molar-refractivity contribution in [3.63, 3.8) is 0 Å². The van der Waals surface area contributed by atoms with Gasteiger partial charge >= 0.3 is 5.97 Å². The summed E-state index contributed by atoms with van der Waals surface area (Å²) in [5.41, 5.74) is 0.670. The van der Waals surface area contributed by atoms with Crippen molar-refractivity contribution in [1.82, 2.24) is 0 Å². The molecular weight excluding hydrogens is 222 g/mol. The van der Waals surface area contributed by atoms with Gasteiger partial charge in [-0.3, -0.25) is 4.99 Å². The van der Waals surface area contributed by atoms with Crippen molar-refractivity contribution in [3.8, 4) is 0 Å². The zero-order chi connectivity index (χ0) is 9.40. The highest BCUT2D eigenvalue weighted by Crippen LogP contribution is 2.01. The lowest BCUT2D eigenvalue weighted by atomic mass is 10.4. The molecule has 0 aromatic rings. The van der Waals surface area contributed by atoms with Gasteiger partial charge in [0.15, 0.2) is 0 Å². The van der Waals surface area contributed by atoms with Gasteiger partial charge in [-0.2, -0.15) is 0 Å². The van der Waals surface area contributed by atoms with Gasteiger partial charge in [0.1, 0.15) is 0 Å². The second kappa shape index (κ2) is 7.03. The van der Waals surface area contributed by atoms with E-state index in [1.807, 2.05) is 6.92 Å². The van der Waals surface area contributed by atoms with Crippen LogP contribution in [0.1, 0.15) is 13.3 Å². The van der Waals surface area contributed by atoms with Crippen molar-refractivity contribution < 1.29 is 9.53 Å². The number of aliphatic imine (C=N–C) groups is 1. The number of carbonyl (C=O) groups is 1. The topological polar surface area (TPSA) is 38.7 Å². The maximum atomic E-state index is 10.8. The maximum Gasteiger partial charge on any atom is 0.332 e. The first-order chi connectivity index (χ1) is 5.74. The number of nitrogens with zero attached hydrogens (tertiary/aromatic N) is 1. The van der Waals surface area contributed by atoms with E-state index in [0.717, 1.165) is 6.42 Å². The first-order valence-corrected chi connectivity index (χ1v) is 4.73. The molecule has 0 aliphatic heterocycles. The fourth-order valence-electron chi connectivity index (χ4n) is 0.514. The molecule has 0 aliphatic rings. The number of methoxy groups -OCH3 is 1. The van der Waals surface area contributed by atoms with Crippen molar-refractivity contribution in [1.29, 1.82) is 0 Å². The lowest BCUT2D eigenvalue weighted by Gasteiger charge is -1.94. The molecule has 0 aromatic carbocycles. The molecule has 0 bridgehead atoms. The van der Waals surface area contributed by atoms with Gasteiger partial charge in [-0.05, 0) is 6.42 Å². The molecule has 0 radical (unpaired) electrons. The second-order valence-electron chi connectivity index (χ2n) is 2.01. The molecule has 0 spiro atoms. The summed E-state index contributed by atoms with van der Waals surface area (Å²) in [6.45, 7) is 1.98. The Bertz CT molecular complexity index is 199. The Hall–Kier alpha value is -0.640. The first kappa shape index (κ1) is 11.4. The summed E-state index contributed by atoms with van der Waals surface area (Å²) < 4.78 is 4.45. The predicted octanol–water partition coefficient (Wildman–Crippen LogP) is 1.92. The molecule has 68 valence electrons. The van der Waals surface area contributed by atoms with E-state index in [4.69, 9.17) is 0 Å². The van der Waals surface area contributed by atoms with Gasteiger partial charge in [0.25, 0.3) is 0 Å². The third-order valence-electron chi connectivity index (χ3n) is 1.06. The average molecular weight is 234 g/mol. The number of hydrogen-bond donors (Lipinski definition) is 0. The minimum absolute atomic E-state index is 0.377. The van der Waals surface area contributed by atoms with Gasteiger partial charge in [0, 0.05) is 17.6 Å². The fraction of sp³-hybridized carbons (Fsp3) is 0.500. The number of allylic oxidation sites excluding steroid dienone is 1. The Balaban J connectivity index is 4.22. The molecule has 0 aromatic heterocycles. The van der Waals surface area contributed by atoms with E-state index in [-0.39, 0.29) is 5.97 Å². The third-order valence-corrected chi connectivity index (χ3v) is 1.64. The normalized spacial score (nSPS) is 12.1. The van der Waals surface area contributed by atoms with Crippen LogP contribution in [-0.2, 0) is 9.53 Å².